The fraction of sp³-hybridized carbons (Fsp3) is 0.375. The van der Waals surface area contributed by atoms with Crippen LogP contribution in [0.2, 0.25) is 0 Å². The van der Waals surface area contributed by atoms with Crippen molar-refractivity contribution >= 4 is 23.4 Å². The first-order valence-corrected chi connectivity index (χ1v) is 4.74. The van der Waals surface area contributed by atoms with Crippen molar-refractivity contribution in [1.82, 2.24) is 9.69 Å². The second-order valence-electron chi connectivity index (χ2n) is 2.57. The van der Waals surface area contributed by atoms with E-state index in [1.54, 1.807) is 12.3 Å². The molecule has 1 aromatic rings. The van der Waals surface area contributed by atoms with Crippen LogP contribution in [0.15, 0.2) is 5.38 Å². The summed E-state index contributed by atoms with van der Waals surface area (Å²) < 4.78 is 8.33. The van der Waals surface area contributed by atoms with Crippen LogP contribution in [0.25, 0.3) is 0 Å². The maximum absolute atomic E-state index is 11.4. The number of nitrogens with zero attached hydrogens (tertiary/aromatic N) is 1. The number of ether oxygens (including phenoxy) is 1. The summed E-state index contributed by atoms with van der Waals surface area (Å²) in [5.41, 5.74) is 1.16. The van der Waals surface area contributed by atoms with Gasteiger partial charge in [-0.05, 0) is 18.5 Å². The molecule has 0 aliphatic carbocycles. The van der Waals surface area contributed by atoms with Crippen LogP contribution in [0.1, 0.15) is 16.1 Å². The van der Waals surface area contributed by atoms with Crippen molar-refractivity contribution in [3.63, 3.8) is 0 Å². The predicted molar refractivity (Wildman–Crippen MR) is 51.2 cm³/mol. The quantitative estimate of drug-likeness (QED) is 0.737. The van der Waals surface area contributed by atoms with Gasteiger partial charge in [0.2, 0.25) is 0 Å². The maximum atomic E-state index is 11.4. The van der Waals surface area contributed by atoms with Gasteiger partial charge < -0.3 is 10.1 Å². The van der Waals surface area contributed by atoms with E-state index in [1.807, 2.05) is 0 Å². The van der Waals surface area contributed by atoms with E-state index in [-0.39, 0.29) is 12.5 Å². The Kier molecular flexibility index (Phi) is 3.58. The molecule has 6 heteroatoms. The molecule has 0 aliphatic rings. The highest BCUT2D eigenvalue weighted by Gasteiger charge is 2.11. The summed E-state index contributed by atoms with van der Waals surface area (Å²) >= 11 is 1.21. The zero-order valence-corrected chi connectivity index (χ0v) is 8.68. The third kappa shape index (κ3) is 2.53. The van der Waals surface area contributed by atoms with E-state index < -0.39 is 5.97 Å². The minimum atomic E-state index is -0.473. The molecule has 1 heterocycles. The van der Waals surface area contributed by atoms with E-state index in [4.69, 9.17) is 0 Å². The smallest absolute Gasteiger partial charge is 0.325 e. The minimum absolute atomic E-state index is 0.120. The lowest BCUT2D eigenvalue weighted by atomic mass is 10.2. The third-order valence-corrected chi connectivity index (χ3v) is 2.34. The number of aromatic nitrogens is 1. The van der Waals surface area contributed by atoms with Crippen molar-refractivity contribution in [3.8, 4) is 0 Å². The molecule has 0 atom stereocenters. The number of hydrogen-bond donors (Lipinski definition) is 1. The molecule has 1 N–H and O–H groups in total. The Morgan fingerprint density at radius 1 is 1.64 bits per heavy atom. The lowest BCUT2D eigenvalue weighted by Gasteiger charge is -2.01. The molecular formula is C8H10N2O3S. The van der Waals surface area contributed by atoms with Crippen LogP contribution >= 0.6 is 11.5 Å². The molecule has 0 saturated heterocycles. The van der Waals surface area contributed by atoms with Gasteiger partial charge in [-0.3, -0.25) is 9.59 Å². The van der Waals surface area contributed by atoms with Gasteiger partial charge >= 0.3 is 5.97 Å². The Morgan fingerprint density at radius 2 is 2.36 bits per heavy atom. The first-order chi connectivity index (χ1) is 6.65. The number of esters is 1. The highest BCUT2D eigenvalue weighted by Crippen LogP contribution is 2.08. The lowest BCUT2D eigenvalue weighted by Crippen LogP contribution is -2.30. The van der Waals surface area contributed by atoms with E-state index in [2.05, 4.69) is 14.4 Å². The fourth-order valence-corrected chi connectivity index (χ4v) is 1.52. The Hall–Kier alpha value is -1.43. The zero-order chi connectivity index (χ0) is 10.6. The molecule has 0 aliphatic heterocycles. The Morgan fingerprint density at radius 3 is 2.86 bits per heavy atom. The molecule has 0 saturated carbocycles. The topological polar surface area (TPSA) is 68.3 Å². The van der Waals surface area contributed by atoms with Gasteiger partial charge in [0.15, 0.2) is 0 Å². The Bertz CT molecular complexity index is 348. The normalized spacial score (nSPS) is 9.57. The fourth-order valence-electron chi connectivity index (χ4n) is 0.830. The van der Waals surface area contributed by atoms with Crippen molar-refractivity contribution in [3.05, 3.63) is 16.6 Å². The molecule has 0 bridgehead atoms. The van der Waals surface area contributed by atoms with Crippen LogP contribution in [0.3, 0.4) is 0 Å². The number of nitrogens with one attached hydrogen (secondary N) is 1. The first-order valence-electron chi connectivity index (χ1n) is 3.91. The number of amides is 1. The van der Waals surface area contributed by atoms with Gasteiger partial charge in [0.25, 0.3) is 5.91 Å². The van der Waals surface area contributed by atoms with E-state index in [0.29, 0.717) is 11.3 Å². The lowest BCUT2D eigenvalue weighted by molar-refractivity contribution is -0.139. The molecule has 76 valence electrons. The molecule has 5 nitrogen and oxygen atoms in total. The number of rotatable bonds is 3. The minimum Gasteiger partial charge on any atom is -0.468 e. The predicted octanol–water partition coefficient (Wildman–Crippen LogP) is 0.354. The summed E-state index contributed by atoms with van der Waals surface area (Å²) in [4.78, 5) is 22.1. The number of hydrogen-bond acceptors (Lipinski definition) is 5. The number of aryl methyl sites for hydroxylation is 1. The highest BCUT2D eigenvalue weighted by atomic mass is 32.1. The van der Waals surface area contributed by atoms with Crippen LogP contribution in [0, 0.1) is 6.92 Å². The monoisotopic (exact) mass is 214 g/mol. The SMILES string of the molecule is COC(=O)CNC(=O)c1csnc1C. The van der Waals surface area contributed by atoms with Gasteiger partial charge in [0, 0.05) is 5.38 Å². The molecule has 0 fully saturated rings. The molecule has 1 amide bonds. The second kappa shape index (κ2) is 4.71. The molecule has 1 rings (SSSR count). The van der Waals surface area contributed by atoms with Crippen molar-refractivity contribution in [2.24, 2.45) is 0 Å². The summed E-state index contributed by atoms with van der Waals surface area (Å²) in [6.45, 7) is 1.62. The van der Waals surface area contributed by atoms with Crippen LogP contribution in [0.5, 0.6) is 0 Å². The average molecular weight is 214 g/mol. The van der Waals surface area contributed by atoms with Crippen molar-refractivity contribution in [2.75, 3.05) is 13.7 Å². The van der Waals surface area contributed by atoms with Gasteiger partial charge in [-0.2, -0.15) is 4.37 Å². The third-order valence-electron chi connectivity index (χ3n) is 1.62. The van der Waals surface area contributed by atoms with Gasteiger partial charge in [-0.1, -0.05) is 0 Å². The Labute approximate surface area is 85.2 Å². The number of methoxy groups -OCH3 is 1. The summed E-state index contributed by atoms with van der Waals surface area (Å²) in [5, 5.41) is 4.07. The molecule has 0 spiro atoms. The second-order valence-corrected chi connectivity index (χ2v) is 3.20. The van der Waals surface area contributed by atoms with E-state index in [0.717, 1.165) is 0 Å². The van der Waals surface area contributed by atoms with Crippen molar-refractivity contribution < 1.29 is 14.3 Å². The first kappa shape index (κ1) is 10.6. The summed E-state index contributed by atoms with van der Waals surface area (Å²) in [7, 11) is 1.27. The van der Waals surface area contributed by atoms with Crippen LogP contribution in [-0.2, 0) is 9.53 Å². The molecule has 0 unspecified atom stereocenters. The molecular weight excluding hydrogens is 204 g/mol. The summed E-state index contributed by atoms with van der Waals surface area (Å²) in [6.07, 6.45) is 0. The molecule has 1 aromatic heterocycles. The van der Waals surface area contributed by atoms with Crippen LogP contribution in [-0.4, -0.2) is 29.9 Å². The van der Waals surface area contributed by atoms with Gasteiger partial charge in [0.1, 0.15) is 6.54 Å². The van der Waals surface area contributed by atoms with E-state index in [9.17, 15) is 9.59 Å². The zero-order valence-electron chi connectivity index (χ0n) is 7.86. The van der Waals surface area contributed by atoms with Gasteiger partial charge in [-0.15, -0.1) is 0 Å². The number of carbonyl (C=O) groups is 2. The summed E-state index contributed by atoms with van der Waals surface area (Å²) in [6, 6.07) is 0. The van der Waals surface area contributed by atoms with Crippen LogP contribution in [0.4, 0.5) is 0 Å². The van der Waals surface area contributed by atoms with Crippen LogP contribution < -0.4 is 5.32 Å². The van der Waals surface area contributed by atoms with Crippen molar-refractivity contribution in [1.29, 1.82) is 0 Å². The largest absolute Gasteiger partial charge is 0.468 e. The van der Waals surface area contributed by atoms with Gasteiger partial charge in [0.05, 0.1) is 18.4 Å². The molecule has 0 aromatic carbocycles. The number of carbonyl (C=O) groups excluding carboxylic acids is 2. The average Bonchev–Trinajstić information content (AvgIpc) is 2.60. The summed E-state index contributed by atoms with van der Waals surface area (Å²) in [5.74, 6) is -0.777. The van der Waals surface area contributed by atoms with E-state index in [1.165, 1.54) is 18.6 Å². The van der Waals surface area contributed by atoms with Gasteiger partial charge in [-0.25, -0.2) is 0 Å². The standard InChI is InChI=1S/C8H10N2O3S/c1-5-6(4-14-10-5)8(12)9-3-7(11)13-2/h4H,3H2,1-2H3,(H,9,12). The molecule has 0 radical (unpaired) electrons. The van der Waals surface area contributed by atoms with Crippen molar-refractivity contribution in [2.45, 2.75) is 6.92 Å². The molecule has 14 heavy (non-hydrogen) atoms. The highest BCUT2D eigenvalue weighted by molar-refractivity contribution is 7.03. The van der Waals surface area contributed by atoms with E-state index >= 15 is 0 Å². The Balaban J connectivity index is 2.52. The maximum Gasteiger partial charge on any atom is 0.325 e.